The fourth-order valence-corrected chi connectivity index (χ4v) is 5.86. The van der Waals surface area contributed by atoms with Gasteiger partial charge in [-0.2, -0.15) is 0 Å². The molecule has 3 aromatic rings. The van der Waals surface area contributed by atoms with Gasteiger partial charge < -0.3 is 14.3 Å². The van der Waals surface area contributed by atoms with Gasteiger partial charge in [-0.3, -0.25) is 0 Å². The quantitative estimate of drug-likeness (QED) is 0.701. The highest BCUT2D eigenvalue weighted by Gasteiger charge is 2.50. The second kappa shape index (κ2) is 6.96. The summed E-state index contributed by atoms with van der Waals surface area (Å²) in [4.78, 5) is 0. The third-order valence-corrected chi connectivity index (χ3v) is 7.68. The van der Waals surface area contributed by atoms with Gasteiger partial charge in [0, 0.05) is 12.0 Å². The number of aliphatic hydroxyl groups is 1. The summed E-state index contributed by atoms with van der Waals surface area (Å²) in [6.07, 6.45) is -0.310. The van der Waals surface area contributed by atoms with E-state index in [0.717, 1.165) is 22.1 Å². The number of benzene rings is 3. The minimum absolute atomic E-state index is 0.490. The van der Waals surface area contributed by atoms with Crippen LogP contribution in [0.1, 0.15) is 11.1 Å². The summed E-state index contributed by atoms with van der Waals surface area (Å²) in [6, 6.07) is 27.9. The number of rotatable bonds is 4. The van der Waals surface area contributed by atoms with E-state index in [1.54, 1.807) is 0 Å². The molecule has 27 heavy (non-hydrogen) atoms. The largest absolute Gasteiger partial charge is 0.456 e. The summed E-state index contributed by atoms with van der Waals surface area (Å²) < 4.78 is 13.2. The van der Waals surface area contributed by atoms with Crippen LogP contribution < -0.4 is 9.92 Å². The van der Waals surface area contributed by atoms with Crippen LogP contribution in [0.4, 0.5) is 0 Å². The highest BCUT2D eigenvalue weighted by Crippen LogP contribution is 2.42. The van der Waals surface area contributed by atoms with E-state index in [0.29, 0.717) is 6.42 Å². The Labute approximate surface area is 161 Å². The second-order valence-electron chi connectivity index (χ2n) is 7.44. The van der Waals surface area contributed by atoms with E-state index in [2.05, 4.69) is 25.2 Å². The Balaban J connectivity index is 1.81. The lowest BCUT2D eigenvalue weighted by Gasteiger charge is -2.46. The Kier molecular flexibility index (Phi) is 4.64. The summed E-state index contributed by atoms with van der Waals surface area (Å²) in [5, 5.41) is 12.4. The Bertz CT molecular complexity index is 911. The van der Waals surface area contributed by atoms with Gasteiger partial charge in [0.25, 0.3) is 5.79 Å². The van der Waals surface area contributed by atoms with Crippen molar-refractivity contribution in [3.05, 3.63) is 96.1 Å². The molecule has 0 saturated heterocycles. The summed E-state index contributed by atoms with van der Waals surface area (Å²) >= 11 is 0. The van der Waals surface area contributed by atoms with Crippen LogP contribution in [0.5, 0.6) is 5.75 Å². The maximum atomic E-state index is 11.2. The molecule has 0 spiro atoms. The fraction of sp³-hybridized carbons (Fsp3) is 0.217. The van der Waals surface area contributed by atoms with Crippen LogP contribution in [0.25, 0.3) is 0 Å². The van der Waals surface area contributed by atoms with Crippen molar-refractivity contribution in [2.24, 2.45) is 0 Å². The van der Waals surface area contributed by atoms with E-state index >= 15 is 0 Å². The second-order valence-corrected chi connectivity index (χ2v) is 11.2. The molecule has 3 aromatic carbocycles. The molecule has 0 amide bonds. The average molecular weight is 377 g/mol. The molecule has 0 bridgehead atoms. The van der Waals surface area contributed by atoms with Crippen molar-refractivity contribution in [1.29, 1.82) is 0 Å². The van der Waals surface area contributed by atoms with Crippen LogP contribution in [0.15, 0.2) is 84.9 Å². The molecule has 1 aliphatic heterocycles. The number of aliphatic hydroxyl groups excluding tert-OH is 1. The third kappa shape index (κ3) is 3.32. The van der Waals surface area contributed by atoms with E-state index < -0.39 is 20.2 Å². The molecule has 1 aliphatic rings. The van der Waals surface area contributed by atoms with E-state index in [9.17, 15) is 5.11 Å². The lowest BCUT2D eigenvalue weighted by molar-refractivity contribution is -0.208. The van der Waals surface area contributed by atoms with Crippen molar-refractivity contribution in [1.82, 2.24) is 0 Å². The number of ether oxygens (including phenoxy) is 1. The van der Waals surface area contributed by atoms with Gasteiger partial charge in [-0.05, 0) is 29.9 Å². The van der Waals surface area contributed by atoms with Crippen LogP contribution in [-0.4, -0.2) is 19.5 Å². The van der Waals surface area contributed by atoms with Crippen molar-refractivity contribution in [2.75, 3.05) is 0 Å². The molecule has 0 saturated carbocycles. The molecular weight excluding hydrogens is 352 g/mol. The summed E-state index contributed by atoms with van der Waals surface area (Å²) in [5.74, 6) is -0.453. The highest BCUT2D eigenvalue weighted by molar-refractivity contribution is 6.84. The van der Waals surface area contributed by atoms with E-state index in [1.165, 1.54) is 0 Å². The van der Waals surface area contributed by atoms with Crippen LogP contribution in [0.3, 0.4) is 0 Å². The molecule has 0 aromatic heterocycles. The van der Waals surface area contributed by atoms with Gasteiger partial charge in [-0.15, -0.1) is 0 Å². The molecule has 3 nitrogen and oxygen atoms in total. The van der Waals surface area contributed by atoms with Gasteiger partial charge in [0.05, 0.1) is 0 Å². The smallest absolute Gasteiger partial charge is 0.255 e. The number of hydrogen-bond acceptors (Lipinski definition) is 3. The SMILES string of the molecule is C[Si](C)(OC1(c2ccccc2)Oc2ccccc2CC1O)c1ccccc1. The molecule has 0 aliphatic carbocycles. The van der Waals surface area contributed by atoms with Gasteiger partial charge in [-0.1, -0.05) is 78.9 Å². The Morgan fingerprint density at radius 1 is 0.889 bits per heavy atom. The summed E-state index contributed by atoms with van der Waals surface area (Å²) in [7, 11) is -2.37. The topological polar surface area (TPSA) is 38.7 Å². The Morgan fingerprint density at radius 3 is 2.19 bits per heavy atom. The van der Waals surface area contributed by atoms with Crippen molar-refractivity contribution >= 4 is 13.5 Å². The predicted molar refractivity (Wildman–Crippen MR) is 110 cm³/mol. The zero-order valence-corrected chi connectivity index (χ0v) is 16.6. The number of para-hydroxylation sites is 1. The van der Waals surface area contributed by atoms with Gasteiger partial charge in [-0.25, -0.2) is 0 Å². The standard InChI is InChI=1S/C23H24O3Si/c1-27(2,20-14-7-4-8-15-20)26-23(19-12-5-3-6-13-19)22(24)17-18-11-9-10-16-21(18)25-23/h3-16,22,24H,17H2,1-2H3. The first kappa shape index (κ1) is 18.0. The lowest BCUT2D eigenvalue weighted by Crippen LogP contribution is -2.59. The van der Waals surface area contributed by atoms with Crippen molar-refractivity contribution in [3.63, 3.8) is 0 Å². The molecule has 1 N–H and O–H groups in total. The number of hydrogen-bond donors (Lipinski definition) is 1. The maximum Gasteiger partial charge on any atom is 0.255 e. The average Bonchev–Trinajstić information content (AvgIpc) is 2.70. The van der Waals surface area contributed by atoms with E-state index in [4.69, 9.17) is 9.16 Å². The molecule has 0 fully saturated rings. The summed E-state index contributed by atoms with van der Waals surface area (Å²) in [5.41, 5.74) is 1.84. The molecule has 0 radical (unpaired) electrons. The normalized spacial score (nSPS) is 22.0. The lowest BCUT2D eigenvalue weighted by atomic mass is 9.91. The fourth-order valence-electron chi connectivity index (χ4n) is 3.69. The van der Waals surface area contributed by atoms with E-state index in [1.807, 2.05) is 72.8 Å². The van der Waals surface area contributed by atoms with Crippen LogP contribution in [0, 0.1) is 0 Å². The number of fused-ring (bicyclic) bond motifs is 1. The molecule has 138 valence electrons. The van der Waals surface area contributed by atoms with Crippen molar-refractivity contribution in [2.45, 2.75) is 31.4 Å². The maximum absolute atomic E-state index is 11.2. The summed E-state index contributed by atoms with van der Waals surface area (Å²) in [6.45, 7) is 4.28. The monoisotopic (exact) mass is 376 g/mol. The Hall–Kier alpha value is -2.40. The molecular formula is C23H24O3Si. The first-order valence-electron chi connectivity index (χ1n) is 9.27. The van der Waals surface area contributed by atoms with Gasteiger partial charge in [0.2, 0.25) is 8.32 Å². The molecule has 1 heterocycles. The third-order valence-electron chi connectivity index (χ3n) is 5.14. The molecule has 4 rings (SSSR count). The van der Waals surface area contributed by atoms with Crippen molar-refractivity contribution < 1.29 is 14.3 Å². The van der Waals surface area contributed by atoms with Crippen LogP contribution in [-0.2, 0) is 16.6 Å². The van der Waals surface area contributed by atoms with Gasteiger partial charge in [0.1, 0.15) is 11.9 Å². The first-order valence-corrected chi connectivity index (χ1v) is 12.2. The van der Waals surface area contributed by atoms with E-state index in [-0.39, 0.29) is 0 Å². The van der Waals surface area contributed by atoms with Gasteiger partial charge >= 0.3 is 0 Å². The molecule has 2 unspecified atom stereocenters. The zero-order valence-electron chi connectivity index (χ0n) is 15.6. The Morgan fingerprint density at radius 2 is 1.48 bits per heavy atom. The first-order chi connectivity index (χ1) is 13.0. The van der Waals surface area contributed by atoms with Crippen LogP contribution >= 0.6 is 0 Å². The zero-order chi connectivity index (χ0) is 18.9. The predicted octanol–water partition coefficient (Wildman–Crippen LogP) is 3.96. The highest BCUT2D eigenvalue weighted by atomic mass is 28.4. The molecule has 2 atom stereocenters. The molecule has 4 heteroatoms. The minimum atomic E-state index is -2.37. The van der Waals surface area contributed by atoms with Crippen molar-refractivity contribution in [3.8, 4) is 5.75 Å². The minimum Gasteiger partial charge on any atom is -0.456 e. The van der Waals surface area contributed by atoms with Gasteiger partial charge in [0.15, 0.2) is 0 Å². The van der Waals surface area contributed by atoms with Crippen LogP contribution in [0.2, 0.25) is 13.1 Å².